The second-order valence-corrected chi connectivity index (χ2v) is 7.96. The van der Waals surface area contributed by atoms with Crippen LogP contribution < -0.4 is 15.0 Å². The van der Waals surface area contributed by atoms with E-state index in [4.69, 9.17) is 9.47 Å². The Morgan fingerprint density at radius 1 is 0.966 bits per heavy atom. The van der Waals surface area contributed by atoms with Gasteiger partial charge in [-0.15, -0.1) is 0 Å². The first-order valence-electron chi connectivity index (χ1n) is 9.64. The highest BCUT2D eigenvalue weighted by molar-refractivity contribution is 7.14. The van der Waals surface area contributed by atoms with Crippen LogP contribution in [0, 0.1) is 0 Å². The number of rotatable bonds is 7. The molecule has 0 N–H and O–H groups in total. The number of benzene rings is 3. The monoisotopic (exact) mass is 405 g/mol. The van der Waals surface area contributed by atoms with Crippen LogP contribution in [-0.2, 0) is 0 Å². The highest BCUT2D eigenvalue weighted by Gasteiger charge is 2.13. The predicted molar refractivity (Wildman–Crippen MR) is 119 cm³/mol. The van der Waals surface area contributed by atoms with Gasteiger partial charge in [0.1, 0.15) is 0 Å². The SMILES string of the molecule is COc1ccc(-n2sc3ccccc3c2=O)cc1OCCC(C)c1ccccc1. The van der Waals surface area contributed by atoms with E-state index in [1.54, 1.807) is 11.1 Å². The normalized spacial score (nSPS) is 12.1. The Hall–Kier alpha value is -3.05. The summed E-state index contributed by atoms with van der Waals surface area (Å²) >= 11 is 1.43. The molecule has 0 aliphatic carbocycles. The average Bonchev–Trinajstić information content (AvgIpc) is 3.11. The van der Waals surface area contributed by atoms with Crippen LogP contribution in [0.4, 0.5) is 0 Å². The molecule has 0 radical (unpaired) electrons. The third kappa shape index (κ3) is 4.05. The van der Waals surface area contributed by atoms with Gasteiger partial charge in [0, 0.05) is 6.07 Å². The minimum Gasteiger partial charge on any atom is -0.493 e. The Balaban J connectivity index is 1.55. The van der Waals surface area contributed by atoms with E-state index in [0.29, 0.717) is 24.0 Å². The minimum absolute atomic E-state index is 0.0144. The number of methoxy groups -OCH3 is 1. The van der Waals surface area contributed by atoms with Gasteiger partial charge in [-0.2, -0.15) is 0 Å². The van der Waals surface area contributed by atoms with E-state index < -0.39 is 0 Å². The molecule has 1 unspecified atom stereocenters. The molecule has 0 aliphatic heterocycles. The summed E-state index contributed by atoms with van der Waals surface area (Å²) in [5, 5.41) is 0.729. The Bertz CT molecular complexity index is 1160. The van der Waals surface area contributed by atoms with Crippen molar-refractivity contribution in [2.24, 2.45) is 0 Å². The fourth-order valence-electron chi connectivity index (χ4n) is 3.34. The van der Waals surface area contributed by atoms with Gasteiger partial charge in [0.05, 0.1) is 29.5 Å². The number of hydrogen-bond donors (Lipinski definition) is 0. The van der Waals surface area contributed by atoms with Gasteiger partial charge < -0.3 is 9.47 Å². The van der Waals surface area contributed by atoms with Crippen molar-refractivity contribution >= 4 is 21.6 Å². The number of nitrogens with zero attached hydrogens (tertiary/aromatic N) is 1. The molecule has 1 atom stereocenters. The van der Waals surface area contributed by atoms with Gasteiger partial charge in [-0.1, -0.05) is 60.9 Å². The summed E-state index contributed by atoms with van der Waals surface area (Å²) in [5.41, 5.74) is 2.07. The molecule has 4 aromatic rings. The predicted octanol–water partition coefficient (Wildman–Crippen LogP) is 5.63. The first kappa shape index (κ1) is 19.3. The largest absolute Gasteiger partial charge is 0.493 e. The quantitative estimate of drug-likeness (QED) is 0.400. The summed E-state index contributed by atoms with van der Waals surface area (Å²) in [5.74, 6) is 1.71. The van der Waals surface area contributed by atoms with Crippen molar-refractivity contribution in [3.63, 3.8) is 0 Å². The van der Waals surface area contributed by atoms with Crippen molar-refractivity contribution in [3.05, 3.63) is 88.7 Å². The third-order valence-corrected chi connectivity index (χ3v) is 6.16. The van der Waals surface area contributed by atoms with Crippen LogP contribution in [0.5, 0.6) is 11.5 Å². The molecule has 148 valence electrons. The van der Waals surface area contributed by atoms with Crippen LogP contribution in [0.1, 0.15) is 24.8 Å². The molecule has 0 fully saturated rings. The van der Waals surface area contributed by atoms with Crippen LogP contribution in [0.2, 0.25) is 0 Å². The van der Waals surface area contributed by atoms with Crippen molar-refractivity contribution < 1.29 is 9.47 Å². The molecule has 0 spiro atoms. The van der Waals surface area contributed by atoms with Crippen molar-refractivity contribution in [1.82, 2.24) is 3.96 Å². The topological polar surface area (TPSA) is 40.5 Å². The molecule has 0 bridgehead atoms. The second-order valence-electron chi connectivity index (χ2n) is 6.97. The molecular formula is C24H23NO3S. The number of hydrogen-bond acceptors (Lipinski definition) is 4. The summed E-state index contributed by atoms with van der Waals surface area (Å²) < 4.78 is 14.2. The first-order chi connectivity index (χ1) is 14.2. The minimum atomic E-state index is -0.0144. The molecule has 0 aliphatic rings. The fraction of sp³-hybridized carbons (Fsp3) is 0.208. The molecule has 0 saturated carbocycles. The Kier molecular flexibility index (Phi) is 5.67. The van der Waals surface area contributed by atoms with Crippen LogP contribution in [-0.4, -0.2) is 17.7 Å². The molecule has 4 rings (SSSR count). The van der Waals surface area contributed by atoms with Crippen molar-refractivity contribution in [2.45, 2.75) is 19.3 Å². The van der Waals surface area contributed by atoms with E-state index in [1.807, 2.05) is 48.5 Å². The first-order valence-corrected chi connectivity index (χ1v) is 10.4. The van der Waals surface area contributed by atoms with E-state index >= 15 is 0 Å². The molecule has 0 saturated heterocycles. The standard InChI is InChI=1S/C24H23NO3S/c1-17(18-8-4-3-5-9-18)14-15-28-22-16-19(12-13-21(22)27-2)25-24(26)20-10-6-7-11-23(20)29-25/h3-13,16-17H,14-15H2,1-2H3. The smallest absolute Gasteiger partial charge is 0.273 e. The highest BCUT2D eigenvalue weighted by atomic mass is 32.1. The van der Waals surface area contributed by atoms with Gasteiger partial charge in [-0.05, 0) is 42.2 Å². The van der Waals surface area contributed by atoms with E-state index in [0.717, 1.165) is 22.2 Å². The zero-order chi connectivity index (χ0) is 20.2. The van der Waals surface area contributed by atoms with Crippen LogP contribution in [0.3, 0.4) is 0 Å². The maximum Gasteiger partial charge on any atom is 0.273 e. The lowest BCUT2D eigenvalue weighted by atomic mass is 9.98. The summed E-state index contributed by atoms with van der Waals surface area (Å²) in [7, 11) is 1.63. The van der Waals surface area contributed by atoms with Gasteiger partial charge in [0.15, 0.2) is 11.5 Å². The lowest BCUT2D eigenvalue weighted by Gasteiger charge is -2.15. The number of aromatic nitrogens is 1. The molecular weight excluding hydrogens is 382 g/mol. The third-order valence-electron chi connectivity index (χ3n) is 5.05. The lowest BCUT2D eigenvalue weighted by Crippen LogP contribution is -2.11. The van der Waals surface area contributed by atoms with Gasteiger partial charge in [0.2, 0.25) is 0 Å². The van der Waals surface area contributed by atoms with E-state index in [-0.39, 0.29) is 5.56 Å². The molecule has 5 heteroatoms. The Morgan fingerprint density at radius 3 is 2.48 bits per heavy atom. The van der Waals surface area contributed by atoms with Crippen molar-refractivity contribution in [1.29, 1.82) is 0 Å². The van der Waals surface area contributed by atoms with Crippen LogP contribution in [0.15, 0.2) is 77.6 Å². The van der Waals surface area contributed by atoms with Crippen LogP contribution >= 0.6 is 11.5 Å². The summed E-state index contributed by atoms with van der Waals surface area (Å²) in [6.45, 7) is 2.76. The van der Waals surface area contributed by atoms with Crippen LogP contribution in [0.25, 0.3) is 15.8 Å². The molecule has 3 aromatic carbocycles. The Labute approximate surface area is 174 Å². The number of fused-ring (bicyclic) bond motifs is 1. The van der Waals surface area contributed by atoms with Crippen molar-refractivity contribution in [2.75, 3.05) is 13.7 Å². The summed E-state index contributed by atoms with van der Waals surface area (Å²) in [6.07, 6.45) is 0.889. The zero-order valence-electron chi connectivity index (χ0n) is 16.5. The van der Waals surface area contributed by atoms with Gasteiger partial charge in [0.25, 0.3) is 5.56 Å². The van der Waals surface area contributed by atoms with Gasteiger partial charge in [-0.25, -0.2) is 3.96 Å². The molecule has 1 aromatic heterocycles. The molecule has 29 heavy (non-hydrogen) atoms. The molecule has 4 nitrogen and oxygen atoms in total. The fourth-order valence-corrected chi connectivity index (χ4v) is 4.33. The summed E-state index contributed by atoms with van der Waals surface area (Å²) in [6, 6.07) is 23.7. The molecule has 1 heterocycles. The van der Waals surface area contributed by atoms with E-state index in [1.165, 1.54) is 17.1 Å². The van der Waals surface area contributed by atoms with Gasteiger partial charge >= 0.3 is 0 Å². The van der Waals surface area contributed by atoms with Crippen molar-refractivity contribution in [3.8, 4) is 17.2 Å². The second kappa shape index (κ2) is 8.53. The van der Waals surface area contributed by atoms with E-state index in [2.05, 4.69) is 31.2 Å². The summed E-state index contributed by atoms with van der Waals surface area (Å²) in [4.78, 5) is 12.8. The molecule has 0 amide bonds. The lowest BCUT2D eigenvalue weighted by molar-refractivity contribution is 0.281. The average molecular weight is 406 g/mol. The van der Waals surface area contributed by atoms with E-state index in [9.17, 15) is 4.79 Å². The number of ether oxygens (including phenoxy) is 2. The van der Waals surface area contributed by atoms with Gasteiger partial charge in [-0.3, -0.25) is 4.79 Å². The highest BCUT2D eigenvalue weighted by Crippen LogP contribution is 2.31. The zero-order valence-corrected chi connectivity index (χ0v) is 17.3. The maximum absolute atomic E-state index is 12.8. The maximum atomic E-state index is 12.8. The Morgan fingerprint density at radius 2 is 1.72 bits per heavy atom.